The van der Waals surface area contributed by atoms with Gasteiger partial charge in [0.15, 0.2) is 0 Å². The highest BCUT2D eigenvalue weighted by molar-refractivity contribution is 6.30. The van der Waals surface area contributed by atoms with Crippen molar-refractivity contribution < 1.29 is 0 Å². The Morgan fingerprint density at radius 3 is 2.92 bits per heavy atom. The number of halogens is 1. The molecule has 0 aliphatic heterocycles. The zero-order valence-electron chi connectivity index (χ0n) is 6.76. The van der Waals surface area contributed by atoms with E-state index in [1.54, 1.807) is 6.20 Å². The molecule has 0 aliphatic rings. The minimum atomic E-state index is 0.549. The van der Waals surface area contributed by atoms with Crippen LogP contribution in [0, 0.1) is 0 Å². The fraction of sp³-hybridized carbons (Fsp3) is 0.375. The maximum absolute atomic E-state index is 5.75. The second-order valence-electron chi connectivity index (χ2n) is 2.59. The van der Waals surface area contributed by atoms with Crippen molar-refractivity contribution in [3.8, 4) is 0 Å². The molecule has 0 bridgehead atoms. The van der Waals surface area contributed by atoms with E-state index in [-0.39, 0.29) is 0 Å². The Labute approximate surface area is 76.7 Å². The molecule has 0 amide bonds. The number of nitrogens with zero attached hydrogens (tertiary/aromatic N) is 1. The largest absolute Gasteiger partial charge is 0.383 e. The van der Waals surface area contributed by atoms with Crippen molar-refractivity contribution in [3.63, 3.8) is 0 Å². The number of anilines is 1. The first-order valence-corrected chi connectivity index (χ1v) is 4.22. The van der Waals surface area contributed by atoms with Crippen LogP contribution < -0.4 is 11.5 Å². The topological polar surface area (TPSA) is 64.9 Å². The van der Waals surface area contributed by atoms with Crippen LogP contribution in [0.3, 0.4) is 0 Å². The average molecular weight is 186 g/mol. The standard InChI is InChI=1S/C8H12ClN3/c9-7-4-6(2-1-3-10)8(11)12-5-7/h4-5H,1-3,10H2,(H2,11,12). The van der Waals surface area contributed by atoms with Crippen LogP contribution in [0.4, 0.5) is 5.82 Å². The quantitative estimate of drug-likeness (QED) is 0.744. The number of aryl methyl sites for hydroxylation is 1. The molecule has 1 heterocycles. The molecular weight excluding hydrogens is 174 g/mol. The van der Waals surface area contributed by atoms with E-state index in [9.17, 15) is 0 Å². The molecule has 1 aromatic heterocycles. The second-order valence-corrected chi connectivity index (χ2v) is 3.03. The lowest BCUT2D eigenvalue weighted by molar-refractivity contribution is 0.831. The summed E-state index contributed by atoms with van der Waals surface area (Å²) in [6.07, 6.45) is 3.30. The van der Waals surface area contributed by atoms with E-state index in [0.29, 0.717) is 17.4 Å². The van der Waals surface area contributed by atoms with Crippen molar-refractivity contribution in [1.82, 2.24) is 4.98 Å². The predicted octanol–water partition coefficient (Wildman–Crippen LogP) is 1.21. The van der Waals surface area contributed by atoms with Gasteiger partial charge in [0.25, 0.3) is 0 Å². The smallest absolute Gasteiger partial charge is 0.126 e. The number of aromatic nitrogens is 1. The normalized spacial score (nSPS) is 10.2. The van der Waals surface area contributed by atoms with E-state index in [0.717, 1.165) is 18.4 Å². The Bertz CT molecular complexity index is 262. The first kappa shape index (κ1) is 9.29. The minimum Gasteiger partial charge on any atom is -0.383 e. The first-order chi connectivity index (χ1) is 5.74. The highest BCUT2D eigenvalue weighted by Gasteiger charge is 2.00. The SMILES string of the molecule is NCCCc1cc(Cl)cnc1N. The van der Waals surface area contributed by atoms with Gasteiger partial charge in [-0.1, -0.05) is 11.6 Å². The van der Waals surface area contributed by atoms with Crippen LogP contribution in [0.25, 0.3) is 0 Å². The van der Waals surface area contributed by atoms with Crippen LogP contribution in [-0.2, 0) is 6.42 Å². The number of nitrogens with two attached hydrogens (primary N) is 2. The van der Waals surface area contributed by atoms with Crippen molar-refractivity contribution in [2.75, 3.05) is 12.3 Å². The Balaban J connectivity index is 2.75. The average Bonchev–Trinajstić information content (AvgIpc) is 2.07. The molecule has 4 heteroatoms. The zero-order valence-corrected chi connectivity index (χ0v) is 7.51. The molecule has 0 spiro atoms. The first-order valence-electron chi connectivity index (χ1n) is 3.84. The van der Waals surface area contributed by atoms with Crippen molar-refractivity contribution in [3.05, 3.63) is 22.8 Å². The van der Waals surface area contributed by atoms with Gasteiger partial charge in [-0.2, -0.15) is 0 Å². The van der Waals surface area contributed by atoms with Crippen LogP contribution in [0.2, 0.25) is 5.02 Å². The summed E-state index contributed by atoms with van der Waals surface area (Å²) in [5, 5.41) is 0.622. The zero-order chi connectivity index (χ0) is 8.97. The van der Waals surface area contributed by atoms with E-state index in [4.69, 9.17) is 23.1 Å². The van der Waals surface area contributed by atoms with Gasteiger partial charge in [-0.25, -0.2) is 4.98 Å². The summed E-state index contributed by atoms with van der Waals surface area (Å²) in [5.41, 5.74) is 12.0. The summed E-state index contributed by atoms with van der Waals surface area (Å²) < 4.78 is 0. The third-order valence-corrected chi connectivity index (χ3v) is 1.83. The van der Waals surface area contributed by atoms with E-state index in [1.165, 1.54) is 0 Å². The van der Waals surface area contributed by atoms with E-state index in [1.807, 2.05) is 6.07 Å². The molecule has 0 unspecified atom stereocenters. The fourth-order valence-corrected chi connectivity index (χ4v) is 1.17. The van der Waals surface area contributed by atoms with E-state index >= 15 is 0 Å². The summed E-state index contributed by atoms with van der Waals surface area (Å²) in [4.78, 5) is 3.94. The maximum atomic E-state index is 5.75. The van der Waals surface area contributed by atoms with Gasteiger partial charge in [0, 0.05) is 6.20 Å². The van der Waals surface area contributed by atoms with Gasteiger partial charge < -0.3 is 11.5 Å². The Hall–Kier alpha value is -0.800. The minimum absolute atomic E-state index is 0.549. The Morgan fingerprint density at radius 2 is 2.25 bits per heavy atom. The maximum Gasteiger partial charge on any atom is 0.126 e. The molecule has 4 N–H and O–H groups in total. The van der Waals surface area contributed by atoms with Gasteiger partial charge in [0.2, 0.25) is 0 Å². The molecule has 1 rings (SSSR count). The summed E-state index contributed by atoms with van der Waals surface area (Å²) in [6, 6.07) is 1.83. The van der Waals surface area contributed by atoms with Crippen molar-refractivity contribution in [1.29, 1.82) is 0 Å². The van der Waals surface area contributed by atoms with Gasteiger partial charge >= 0.3 is 0 Å². The third kappa shape index (κ3) is 2.36. The molecule has 0 saturated heterocycles. The Morgan fingerprint density at radius 1 is 1.50 bits per heavy atom. The van der Waals surface area contributed by atoms with Gasteiger partial charge in [-0.05, 0) is 31.0 Å². The van der Waals surface area contributed by atoms with E-state index in [2.05, 4.69) is 4.98 Å². The molecule has 12 heavy (non-hydrogen) atoms. The van der Waals surface area contributed by atoms with Gasteiger partial charge in [0.05, 0.1) is 5.02 Å². The molecule has 66 valence electrons. The summed E-state index contributed by atoms with van der Waals surface area (Å²) in [5.74, 6) is 0.549. The molecule has 0 atom stereocenters. The van der Waals surface area contributed by atoms with Crippen molar-refractivity contribution >= 4 is 17.4 Å². The number of pyridine rings is 1. The van der Waals surface area contributed by atoms with Crippen molar-refractivity contribution in [2.24, 2.45) is 5.73 Å². The molecule has 0 aromatic carbocycles. The Kier molecular flexibility index (Phi) is 3.31. The monoisotopic (exact) mass is 185 g/mol. The van der Waals surface area contributed by atoms with Gasteiger partial charge in [-0.15, -0.1) is 0 Å². The number of rotatable bonds is 3. The lowest BCUT2D eigenvalue weighted by Crippen LogP contribution is -2.03. The van der Waals surface area contributed by atoms with Crippen LogP contribution in [0.15, 0.2) is 12.3 Å². The number of nitrogen functional groups attached to an aromatic ring is 1. The lowest BCUT2D eigenvalue weighted by Gasteiger charge is -2.03. The highest BCUT2D eigenvalue weighted by atomic mass is 35.5. The fourth-order valence-electron chi connectivity index (χ4n) is 0.985. The number of hydrogen-bond donors (Lipinski definition) is 2. The lowest BCUT2D eigenvalue weighted by atomic mass is 10.1. The van der Waals surface area contributed by atoms with Crippen molar-refractivity contribution in [2.45, 2.75) is 12.8 Å². The van der Waals surface area contributed by atoms with Gasteiger partial charge in [-0.3, -0.25) is 0 Å². The molecule has 0 fully saturated rings. The summed E-state index contributed by atoms with van der Waals surface area (Å²) in [7, 11) is 0. The molecule has 0 aliphatic carbocycles. The van der Waals surface area contributed by atoms with Crippen LogP contribution >= 0.6 is 11.6 Å². The molecule has 3 nitrogen and oxygen atoms in total. The number of hydrogen-bond acceptors (Lipinski definition) is 3. The van der Waals surface area contributed by atoms with Crippen LogP contribution in [0.1, 0.15) is 12.0 Å². The van der Waals surface area contributed by atoms with Crippen LogP contribution in [0.5, 0.6) is 0 Å². The third-order valence-electron chi connectivity index (χ3n) is 1.62. The molecule has 0 radical (unpaired) electrons. The molecular formula is C8H12ClN3. The summed E-state index contributed by atoms with van der Waals surface area (Å²) in [6.45, 7) is 0.659. The highest BCUT2D eigenvalue weighted by Crippen LogP contribution is 2.15. The molecule has 1 aromatic rings. The van der Waals surface area contributed by atoms with Crippen LogP contribution in [-0.4, -0.2) is 11.5 Å². The second kappa shape index (κ2) is 4.28. The summed E-state index contributed by atoms with van der Waals surface area (Å²) >= 11 is 5.75. The predicted molar refractivity (Wildman–Crippen MR) is 51.0 cm³/mol. The van der Waals surface area contributed by atoms with Gasteiger partial charge in [0.1, 0.15) is 5.82 Å². The molecule has 0 saturated carbocycles. The van der Waals surface area contributed by atoms with E-state index < -0.39 is 0 Å².